The van der Waals surface area contributed by atoms with Crippen LogP contribution in [-0.2, 0) is 4.74 Å². The van der Waals surface area contributed by atoms with E-state index < -0.39 is 30.5 Å². The number of aliphatic hydroxyl groups is 3. The predicted octanol–water partition coefficient (Wildman–Crippen LogP) is -0.843. The van der Waals surface area contributed by atoms with Crippen molar-refractivity contribution in [3.63, 3.8) is 0 Å². The summed E-state index contributed by atoms with van der Waals surface area (Å²) in [5, 5.41) is 30.8. The molecule has 2 saturated heterocycles. The summed E-state index contributed by atoms with van der Waals surface area (Å²) in [5.41, 5.74) is -0.353. The monoisotopic (exact) mass is 286 g/mol. The maximum Gasteiger partial charge on any atom is 0.162 e. The molecule has 3 N–H and O–H groups in total. The molecule has 0 radical (unpaired) electrons. The summed E-state index contributed by atoms with van der Waals surface area (Å²) >= 11 is 1.45. The van der Waals surface area contributed by atoms with Gasteiger partial charge >= 0.3 is 0 Å². The van der Waals surface area contributed by atoms with E-state index in [2.05, 4.69) is 16.5 Å². The van der Waals surface area contributed by atoms with Crippen molar-refractivity contribution in [1.82, 2.24) is 4.90 Å². The van der Waals surface area contributed by atoms with Crippen molar-refractivity contribution in [2.75, 3.05) is 13.1 Å². The summed E-state index contributed by atoms with van der Waals surface area (Å²) in [5.74, 6) is 0. The topological polar surface area (TPSA) is 85.5 Å². The molecule has 3 aliphatic rings. The van der Waals surface area contributed by atoms with Gasteiger partial charge in [-0.1, -0.05) is 17.8 Å². The van der Waals surface area contributed by atoms with Gasteiger partial charge in [0.15, 0.2) is 5.17 Å². The van der Waals surface area contributed by atoms with Crippen LogP contribution in [0.2, 0.25) is 0 Å². The van der Waals surface area contributed by atoms with Crippen LogP contribution in [0.5, 0.6) is 0 Å². The van der Waals surface area contributed by atoms with Gasteiger partial charge in [0.25, 0.3) is 0 Å². The molecule has 0 bridgehead atoms. The number of aliphatic hydroxyl groups excluding tert-OH is 3. The predicted molar refractivity (Wildman–Crippen MR) is 71.9 cm³/mol. The van der Waals surface area contributed by atoms with Crippen molar-refractivity contribution in [2.45, 2.75) is 42.3 Å². The molecule has 0 unspecified atom stereocenters. The van der Waals surface area contributed by atoms with E-state index in [4.69, 9.17) is 4.74 Å². The lowest BCUT2D eigenvalue weighted by molar-refractivity contribution is -0.176. The van der Waals surface area contributed by atoms with E-state index in [1.807, 2.05) is 0 Å². The second-order valence-electron chi connectivity index (χ2n) is 5.04. The quantitative estimate of drug-likeness (QED) is 0.574. The zero-order valence-electron chi connectivity index (χ0n) is 10.4. The average molecular weight is 286 g/mol. The van der Waals surface area contributed by atoms with Crippen LogP contribution in [0.3, 0.4) is 0 Å². The van der Waals surface area contributed by atoms with Crippen molar-refractivity contribution < 1.29 is 20.1 Å². The number of thioether (sulfide) groups is 1. The Labute approximate surface area is 115 Å². The fourth-order valence-electron chi connectivity index (χ4n) is 2.45. The van der Waals surface area contributed by atoms with E-state index in [-0.39, 0.29) is 5.44 Å². The molecule has 2 fully saturated rings. The first-order chi connectivity index (χ1) is 9.11. The maximum absolute atomic E-state index is 10.1. The van der Waals surface area contributed by atoms with Gasteiger partial charge in [0.2, 0.25) is 0 Å². The Kier molecular flexibility index (Phi) is 3.57. The third-order valence-corrected chi connectivity index (χ3v) is 4.99. The van der Waals surface area contributed by atoms with E-state index in [1.165, 1.54) is 17.8 Å². The lowest BCUT2D eigenvalue weighted by Crippen LogP contribution is -2.57. The second kappa shape index (κ2) is 5.06. The number of likely N-dealkylation sites (tertiary alicyclic amines) is 1. The highest BCUT2D eigenvalue weighted by molar-refractivity contribution is 8.14. The van der Waals surface area contributed by atoms with Gasteiger partial charge in [0.1, 0.15) is 35.9 Å². The summed E-state index contributed by atoms with van der Waals surface area (Å²) in [6.45, 7) is 5.43. The molecule has 0 aromatic carbocycles. The molecule has 3 heterocycles. The minimum absolute atomic E-state index is 0.353. The van der Waals surface area contributed by atoms with Gasteiger partial charge < -0.3 is 25.0 Å². The van der Waals surface area contributed by atoms with Crippen LogP contribution in [0.15, 0.2) is 17.6 Å². The number of ether oxygens (including phenoxy) is 1. The number of fused-ring (bicyclic) bond motifs is 1. The lowest BCUT2D eigenvalue weighted by Gasteiger charge is -2.39. The van der Waals surface area contributed by atoms with Crippen molar-refractivity contribution in [1.29, 1.82) is 0 Å². The molecular weight excluding hydrogens is 268 g/mol. The summed E-state index contributed by atoms with van der Waals surface area (Å²) in [6, 6.07) is -0.469. The average Bonchev–Trinajstić information content (AvgIpc) is 2.74. The molecule has 7 heteroatoms. The van der Waals surface area contributed by atoms with Gasteiger partial charge in [0, 0.05) is 13.1 Å². The van der Waals surface area contributed by atoms with Crippen molar-refractivity contribution in [2.24, 2.45) is 4.99 Å². The zero-order chi connectivity index (χ0) is 13.6. The molecule has 19 heavy (non-hydrogen) atoms. The Bertz CT molecular complexity index is 401. The third-order valence-electron chi connectivity index (χ3n) is 3.79. The smallest absolute Gasteiger partial charge is 0.162 e. The Hall–Kier alpha value is -0.600. The summed E-state index contributed by atoms with van der Waals surface area (Å²) in [4.78, 5) is 6.58. The molecule has 6 nitrogen and oxygen atoms in total. The van der Waals surface area contributed by atoms with Gasteiger partial charge in [-0.15, -0.1) is 6.58 Å². The van der Waals surface area contributed by atoms with Crippen molar-refractivity contribution in [3.8, 4) is 0 Å². The highest BCUT2D eigenvalue weighted by Crippen LogP contribution is 2.39. The number of hydrogen-bond donors (Lipinski definition) is 3. The van der Waals surface area contributed by atoms with Crippen LogP contribution in [0, 0.1) is 0 Å². The first-order valence-electron chi connectivity index (χ1n) is 6.43. The van der Waals surface area contributed by atoms with Crippen LogP contribution >= 0.6 is 11.8 Å². The van der Waals surface area contributed by atoms with Crippen LogP contribution < -0.4 is 0 Å². The largest absolute Gasteiger partial charge is 0.388 e. The van der Waals surface area contributed by atoms with Gasteiger partial charge in [0.05, 0.1) is 0 Å². The fourth-order valence-corrected chi connectivity index (χ4v) is 3.72. The Morgan fingerprint density at radius 1 is 1.42 bits per heavy atom. The molecule has 3 aliphatic heterocycles. The Balaban J connectivity index is 1.75. The van der Waals surface area contributed by atoms with Crippen molar-refractivity contribution in [3.05, 3.63) is 12.7 Å². The Morgan fingerprint density at radius 2 is 2.16 bits per heavy atom. The second-order valence-corrected chi connectivity index (χ2v) is 6.10. The highest BCUT2D eigenvalue weighted by atomic mass is 32.2. The van der Waals surface area contributed by atoms with Gasteiger partial charge in [-0.3, -0.25) is 4.99 Å². The number of amidine groups is 1. The highest BCUT2D eigenvalue weighted by Gasteiger charge is 2.50. The first-order valence-corrected chi connectivity index (χ1v) is 7.31. The molecule has 0 spiro atoms. The summed E-state index contributed by atoms with van der Waals surface area (Å²) in [6.07, 6.45) is -1.58. The molecule has 0 aromatic heterocycles. The molecule has 0 aromatic rings. The van der Waals surface area contributed by atoms with Crippen LogP contribution in [0.4, 0.5) is 0 Å². The molecular formula is C12H18N2O4S. The first kappa shape index (κ1) is 13.4. The zero-order valence-corrected chi connectivity index (χ0v) is 11.2. The number of hydrogen-bond acceptors (Lipinski definition) is 7. The molecule has 0 amide bonds. The van der Waals surface area contributed by atoms with Crippen LogP contribution in [0.1, 0.15) is 6.42 Å². The number of nitrogens with zero attached hydrogens (tertiary/aromatic N) is 2. The minimum atomic E-state index is -1.16. The minimum Gasteiger partial charge on any atom is -0.388 e. The number of rotatable bonds is 2. The van der Waals surface area contributed by atoms with E-state index >= 15 is 0 Å². The van der Waals surface area contributed by atoms with Crippen LogP contribution in [0.25, 0.3) is 0 Å². The van der Waals surface area contributed by atoms with Gasteiger partial charge in [-0.25, -0.2) is 0 Å². The van der Waals surface area contributed by atoms with E-state index in [0.717, 1.165) is 24.7 Å². The van der Waals surface area contributed by atoms with E-state index in [9.17, 15) is 15.3 Å². The number of aliphatic imine (C=N–C) groups is 1. The SMILES string of the molecule is C=C[C@@H](O)[C@H]1O[C@@H]2SC(N3CCC3)=N[C@@H]2[C@@H](O)[C@@H]1O. The van der Waals surface area contributed by atoms with Crippen LogP contribution in [-0.4, -0.2) is 74.4 Å². The maximum atomic E-state index is 10.1. The lowest BCUT2D eigenvalue weighted by atomic mass is 9.95. The summed E-state index contributed by atoms with van der Waals surface area (Å²) < 4.78 is 5.69. The molecule has 6 atom stereocenters. The van der Waals surface area contributed by atoms with Crippen molar-refractivity contribution >= 4 is 16.9 Å². The van der Waals surface area contributed by atoms with E-state index in [1.54, 1.807) is 0 Å². The fraction of sp³-hybridized carbons (Fsp3) is 0.750. The van der Waals surface area contributed by atoms with E-state index in [0.29, 0.717) is 0 Å². The molecule has 0 saturated carbocycles. The molecule has 106 valence electrons. The standard InChI is InChI=1S/C12H18N2O4S/c1-2-6(15)10-9(17)8(16)7-11(18-10)19-12(13-7)14-4-3-5-14/h2,6-11,15-17H,1,3-5H2/t6-,7-,8-,9+,10-,11-/m1/s1. The molecule has 3 rings (SSSR count). The summed E-state index contributed by atoms with van der Waals surface area (Å²) in [7, 11) is 0. The third kappa shape index (κ3) is 2.19. The molecule has 0 aliphatic carbocycles. The van der Waals surface area contributed by atoms with Gasteiger partial charge in [-0.2, -0.15) is 0 Å². The Morgan fingerprint density at radius 3 is 2.74 bits per heavy atom. The van der Waals surface area contributed by atoms with Gasteiger partial charge in [-0.05, 0) is 6.42 Å². The normalized spacial score (nSPS) is 43.2.